The molecule has 5 heteroatoms. The number of rotatable bonds is 4. The second kappa shape index (κ2) is 7.47. The first-order chi connectivity index (χ1) is 11.7. The third-order valence-electron chi connectivity index (χ3n) is 3.55. The number of carbonyl (C=O) groups excluding carboxylic acids is 1. The number of pyridine rings is 1. The van der Waals surface area contributed by atoms with Gasteiger partial charge in [-0.3, -0.25) is 9.78 Å². The zero-order valence-corrected chi connectivity index (χ0v) is 14.2. The maximum atomic E-state index is 13.0. The SMILES string of the molecule is O=C(c1ccccc1)N(Cc1ccccc1)c1c(Cl)cncc1Cl. The Balaban J connectivity index is 2.06. The van der Waals surface area contributed by atoms with E-state index in [9.17, 15) is 4.79 Å². The lowest BCUT2D eigenvalue weighted by molar-refractivity contribution is 0.0985. The zero-order chi connectivity index (χ0) is 16.9. The number of nitrogens with zero attached hydrogens (tertiary/aromatic N) is 2. The summed E-state index contributed by atoms with van der Waals surface area (Å²) in [6.07, 6.45) is 2.97. The Hall–Kier alpha value is -2.36. The maximum absolute atomic E-state index is 13.0. The third kappa shape index (κ3) is 3.58. The van der Waals surface area contributed by atoms with Crippen molar-refractivity contribution in [1.82, 2.24) is 4.98 Å². The van der Waals surface area contributed by atoms with Gasteiger partial charge in [-0.15, -0.1) is 0 Å². The summed E-state index contributed by atoms with van der Waals surface area (Å²) in [7, 11) is 0. The van der Waals surface area contributed by atoms with E-state index in [1.165, 1.54) is 12.4 Å². The molecule has 3 nitrogen and oxygen atoms in total. The molecule has 0 saturated carbocycles. The fourth-order valence-corrected chi connectivity index (χ4v) is 2.99. The van der Waals surface area contributed by atoms with Crippen LogP contribution < -0.4 is 4.90 Å². The van der Waals surface area contributed by atoms with Crippen molar-refractivity contribution in [2.75, 3.05) is 4.90 Å². The first-order valence-corrected chi connectivity index (χ1v) is 8.12. The smallest absolute Gasteiger partial charge is 0.258 e. The summed E-state index contributed by atoms with van der Waals surface area (Å²) in [4.78, 5) is 18.6. The minimum Gasteiger partial charge on any atom is -0.301 e. The average molecular weight is 357 g/mol. The molecule has 0 saturated heterocycles. The van der Waals surface area contributed by atoms with Gasteiger partial charge in [0.25, 0.3) is 5.91 Å². The van der Waals surface area contributed by atoms with E-state index >= 15 is 0 Å². The van der Waals surface area contributed by atoms with Gasteiger partial charge in [0, 0.05) is 18.0 Å². The molecule has 120 valence electrons. The van der Waals surface area contributed by atoms with Crippen molar-refractivity contribution in [3.8, 4) is 0 Å². The first-order valence-electron chi connectivity index (χ1n) is 7.36. The normalized spacial score (nSPS) is 10.4. The van der Waals surface area contributed by atoms with Crippen molar-refractivity contribution in [3.05, 3.63) is 94.2 Å². The van der Waals surface area contributed by atoms with E-state index in [1.807, 2.05) is 48.5 Å². The summed E-state index contributed by atoms with van der Waals surface area (Å²) in [6.45, 7) is 0.359. The lowest BCUT2D eigenvalue weighted by Crippen LogP contribution is -2.31. The summed E-state index contributed by atoms with van der Waals surface area (Å²) in [5.74, 6) is -0.172. The molecule has 2 aromatic carbocycles. The monoisotopic (exact) mass is 356 g/mol. The van der Waals surface area contributed by atoms with E-state index in [0.29, 0.717) is 27.8 Å². The molecule has 0 N–H and O–H groups in total. The van der Waals surface area contributed by atoms with Gasteiger partial charge in [0.1, 0.15) is 0 Å². The number of anilines is 1. The van der Waals surface area contributed by atoms with Crippen LogP contribution in [0.25, 0.3) is 0 Å². The minimum absolute atomic E-state index is 0.172. The highest BCUT2D eigenvalue weighted by molar-refractivity contribution is 6.39. The number of amides is 1. The van der Waals surface area contributed by atoms with Gasteiger partial charge in [-0.2, -0.15) is 0 Å². The van der Waals surface area contributed by atoms with E-state index in [2.05, 4.69) is 4.98 Å². The second-order valence-corrected chi connectivity index (χ2v) is 6.01. The van der Waals surface area contributed by atoms with Crippen LogP contribution in [0.15, 0.2) is 73.1 Å². The van der Waals surface area contributed by atoms with Crippen molar-refractivity contribution in [3.63, 3.8) is 0 Å². The largest absolute Gasteiger partial charge is 0.301 e. The van der Waals surface area contributed by atoms with Gasteiger partial charge < -0.3 is 4.90 Å². The molecule has 3 rings (SSSR count). The molecule has 0 unspecified atom stereocenters. The van der Waals surface area contributed by atoms with E-state index in [4.69, 9.17) is 23.2 Å². The summed E-state index contributed by atoms with van der Waals surface area (Å²) in [5, 5.41) is 0.672. The topological polar surface area (TPSA) is 33.2 Å². The fourth-order valence-electron chi connectivity index (χ4n) is 2.42. The summed E-state index contributed by atoms with van der Waals surface area (Å²) >= 11 is 12.6. The van der Waals surface area contributed by atoms with Crippen LogP contribution >= 0.6 is 23.2 Å². The minimum atomic E-state index is -0.172. The van der Waals surface area contributed by atoms with Crippen LogP contribution in [0.2, 0.25) is 10.0 Å². The standard InChI is InChI=1S/C19H14Cl2N2O/c20-16-11-22-12-17(21)18(16)23(13-14-7-3-1-4-8-14)19(24)15-9-5-2-6-10-15/h1-12H,13H2. The Bertz CT molecular complexity index is 818. The second-order valence-electron chi connectivity index (χ2n) is 5.19. The Morgan fingerprint density at radius 2 is 1.42 bits per heavy atom. The van der Waals surface area contributed by atoms with Crippen LogP contribution in [0.1, 0.15) is 15.9 Å². The van der Waals surface area contributed by atoms with Crippen LogP contribution in [-0.4, -0.2) is 10.9 Å². The molecule has 1 amide bonds. The highest BCUT2D eigenvalue weighted by Crippen LogP contribution is 2.34. The summed E-state index contributed by atoms with van der Waals surface area (Å²) in [6, 6.07) is 18.7. The van der Waals surface area contributed by atoms with Crippen LogP contribution in [0.4, 0.5) is 5.69 Å². The Labute approximate surface area is 150 Å². The fraction of sp³-hybridized carbons (Fsp3) is 0.0526. The molecule has 3 aromatic rings. The highest BCUT2D eigenvalue weighted by Gasteiger charge is 2.23. The van der Waals surface area contributed by atoms with Crippen LogP contribution in [0.5, 0.6) is 0 Å². The van der Waals surface area contributed by atoms with Gasteiger partial charge in [0.15, 0.2) is 0 Å². The Morgan fingerprint density at radius 1 is 0.875 bits per heavy atom. The molecule has 0 aliphatic rings. The number of carbonyl (C=O) groups is 1. The molecular formula is C19H14Cl2N2O. The van der Waals surface area contributed by atoms with E-state index < -0.39 is 0 Å². The van der Waals surface area contributed by atoms with Crippen LogP contribution in [0, 0.1) is 0 Å². The third-order valence-corrected chi connectivity index (χ3v) is 4.10. The summed E-state index contributed by atoms with van der Waals surface area (Å²) < 4.78 is 0. The molecule has 0 spiro atoms. The van der Waals surface area contributed by atoms with Gasteiger partial charge in [-0.25, -0.2) is 0 Å². The lowest BCUT2D eigenvalue weighted by Gasteiger charge is -2.25. The van der Waals surface area contributed by atoms with Gasteiger partial charge in [0.05, 0.1) is 22.3 Å². The Kier molecular flexibility index (Phi) is 5.14. The average Bonchev–Trinajstić information content (AvgIpc) is 2.62. The first kappa shape index (κ1) is 16.5. The van der Waals surface area contributed by atoms with E-state index in [0.717, 1.165) is 5.56 Å². The molecule has 0 aliphatic heterocycles. The maximum Gasteiger partial charge on any atom is 0.258 e. The van der Waals surface area contributed by atoms with Gasteiger partial charge in [0.2, 0.25) is 0 Å². The predicted octanol–water partition coefficient (Wildman–Crippen LogP) is 5.24. The molecular weight excluding hydrogens is 343 g/mol. The number of hydrogen-bond donors (Lipinski definition) is 0. The molecule has 0 aliphatic carbocycles. The quantitative estimate of drug-likeness (QED) is 0.640. The van der Waals surface area contributed by atoms with E-state index in [1.54, 1.807) is 17.0 Å². The number of hydrogen-bond acceptors (Lipinski definition) is 2. The molecule has 1 aromatic heterocycles. The van der Waals surface area contributed by atoms with Gasteiger partial charge in [-0.05, 0) is 17.7 Å². The van der Waals surface area contributed by atoms with Crippen molar-refractivity contribution in [2.45, 2.75) is 6.54 Å². The molecule has 24 heavy (non-hydrogen) atoms. The van der Waals surface area contributed by atoms with Crippen molar-refractivity contribution in [2.24, 2.45) is 0 Å². The number of benzene rings is 2. The zero-order valence-electron chi connectivity index (χ0n) is 12.7. The molecule has 0 radical (unpaired) electrons. The van der Waals surface area contributed by atoms with Crippen LogP contribution in [-0.2, 0) is 6.54 Å². The Morgan fingerprint density at radius 3 is 2.00 bits per heavy atom. The van der Waals surface area contributed by atoms with Crippen molar-refractivity contribution in [1.29, 1.82) is 0 Å². The molecule has 0 atom stereocenters. The van der Waals surface area contributed by atoms with Crippen molar-refractivity contribution >= 4 is 34.8 Å². The predicted molar refractivity (Wildman–Crippen MR) is 97.7 cm³/mol. The highest BCUT2D eigenvalue weighted by atomic mass is 35.5. The molecule has 0 bridgehead atoms. The van der Waals surface area contributed by atoms with Crippen molar-refractivity contribution < 1.29 is 4.79 Å². The van der Waals surface area contributed by atoms with Gasteiger partial charge in [-0.1, -0.05) is 71.7 Å². The molecule has 0 fully saturated rings. The lowest BCUT2D eigenvalue weighted by atomic mass is 10.1. The summed E-state index contributed by atoms with van der Waals surface area (Å²) in [5.41, 5.74) is 2.01. The van der Waals surface area contributed by atoms with E-state index in [-0.39, 0.29) is 5.91 Å². The molecule has 1 heterocycles. The van der Waals surface area contributed by atoms with Gasteiger partial charge >= 0.3 is 0 Å². The number of aromatic nitrogens is 1. The number of halogens is 2. The van der Waals surface area contributed by atoms with Crippen LogP contribution in [0.3, 0.4) is 0 Å².